The Hall–Kier alpha value is -2.12. The van der Waals surface area contributed by atoms with E-state index in [0.29, 0.717) is 11.1 Å². The Labute approximate surface area is 172 Å². The second-order valence-corrected chi connectivity index (χ2v) is 9.39. The second-order valence-electron chi connectivity index (χ2n) is 7.34. The summed E-state index contributed by atoms with van der Waals surface area (Å²) in [7, 11) is 0. The van der Waals surface area contributed by atoms with Gasteiger partial charge in [-0.2, -0.15) is 0 Å². The van der Waals surface area contributed by atoms with Gasteiger partial charge in [-0.3, -0.25) is 9.59 Å². The van der Waals surface area contributed by atoms with Crippen LogP contribution in [0, 0.1) is 0 Å². The molecule has 1 aliphatic rings. The van der Waals surface area contributed by atoms with Crippen LogP contribution in [0.25, 0.3) is 10.2 Å². The van der Waals surface area contributed by atoms with Gasteiger partial charge in [-0.05, 0) is 48.8 Å². The number of rotatable bonds is 5. The zero-order chi connectivity index (χ0) is 19.7. The zero-order valence-electron chi connectivity index (χ0n) is 16.0. The topological polar surface area (TPSA) is 74.8 Å². The number of nitrogens with one attached hydrogen (secondary N) is 2. The molecule has 1 aliphatic carbocycles. The summed E-state index contributed by atoms with van der Waals surface area (Å²) in [6.45, 7) is 4.20. The molecule has 0 saturated carbocycles. The quantitative estimate of drug-likeness (QED) is 0.469. The average molecular weight is 414 g/mol. The van der Waals surface area contributed by atoms with E-state index in [4.69, 9.17) is 0 Å². The van der Waals surface area contributed by atoms with Crippen LogP contribution in [-0.4, -0.2) is 21.6 Å². The Morgan fingerprint density at radius 2 is 2.07 bits per heavy atom. The number of thioether (sulfide) groups is 1. The van der Waals surface area contributed by atoms with E-state index in [1.54, 1.807) is 11.3 Å². The van der Waals surface area contributed by atoms with E-state index >= 15 is 0 Å². The van der Waals surface area contributed by atoms with Crippen molar-refractivity contribution in [2.75, 3.05) is 11.1 Å². The first-order valence-electron chi connectivity index (χ1n) is 9.59. The third-order valence-electron chi connectivity index (χ3n) is 5.00. The van der Waals surface area contributed by atoms with Crippen LogP contribution in [0.3, 0.4) is 0 Å². The summed E-state index contributed by atoms with van der Waals surface area (Å²) in [4.78, 5) is 34.6. The maximum absolute atomic E-state index is 12.6. The smallest absolute Gasteiger partial charge is 0.260 e. The fourth-order valence-electron chi connectivity index (χ4n) is 3.65. The molecule has 5 nitrogen and oxygen atoms in total. The Bertz CT molecular complexity index is 1080. The van der Waals surface area contributed by atoms with Crippen molar-refractivity contribution in [3.05, 3.63) is 50.6 Å². The number of aryl methyl sites for hydroxylation is 2. The highest BCUT2D eigenvalue weighted by molar-refractivity contribution is 7.99. The Kier molecular flexibility index (Phi) is 5.55. The van der Waals surface area contributed by atoms with E-state index in [9.17, 15) is 9.59 Å². The standard InChI is InChI=1S/C21H23N3O2S2/c1-12(2)13-7-3-5-9-15(13)22-17(25)11-27-21-23-19(26)18-14-8-4-6-10-16(14)28-20(18)24-21/h3,5,7,9,12H,4,6,8,10-11H2,1-2H3,(H,22,25)(H,23,24,26). The summed E-state index contributed by atoms with van der Waals surface area (Å²) >= 11 is 2.89. The van der Waals surface area contributed by atoms with Crippen LogP contribution < -0.4 is 10.9 Å². The number of hydrogen-bond acceptors (Lipinski definition) is 5. The van der Waals surface area contributed by atoms with Gasteiger partial charge < -0.3 is 10.3 Å². The van der Waals surface area contributed by atoms with Crippen LogP contribution in [0.5, 0.6) is 0 Å². The number of anilines is 1. The van der Waals surface area contributed by atoms with Crippen LogP contribution in [0.15, 0.2) is 34.2 Å². The summed E-state index contributed by atoms with van der Waals surface area (Å²) in [5.74, 6) is 0.423. The highest BCUT2D eigenvalue weighted by Crippen LogP contribution is 2.34. The highest BCUT2D eigenvalue weighted by Gasteiger charge is 2.20. The van der Waals surface area contributed by atoms with Crippen molar-refractivity contribution in [2.45, 2.75) is 50.6 Å². The first kappa shape index (κ1) is 19.2. The van der Waals surface area contributed by atoms with Crippen LogP contribution in [0.1, 0.15) is 48.6 Å². The number of amides is 1. The van der Waals surface area contributed by atoms with E-state index in [0.717, 1.165) is 40.7 Å². The first-order valence-corrected chi connectivity index (χ1v) is 11.4. The molecule has 2 N–H and O–H groups in total. The van der Waals surface area contributed by atoms with Crippen LogP contribution in [-0.2, 0) is 17.6 Å². The number of carbonyl (C=O) groups excluding carboxylic acids is 1. The maximum atomic E-state index is 12.6. The molecular formula is C21H23N3O2S2. The van der Waals surface area contributed by atoms with E-state index in [1.165, 1.54) is 28.6 Å². The number of hydrogen-bond donors (Lipinski definition) is 2. The third-order valence-corrected chi connectivity index (χ3v) is 7.06. The summed E-state index contributed by atoms with van der Waals surface area (Å²) in [5.41, 5.74) is 3.04. The third kappa shape index (κ3) is 3.86. The SMILES string of the molecule is CC(C)c1ccccc1NC(=O)CSc1nc2sc3c(c2c(=O)[nH]1)CCCC3. The lowest BCUT2D eigenvalue weighted by atomic mass is 9.97. The minimum Gasteiger partial charge on any atom is -0.325 e. The van der Waals surface area contributed by atoms with E-state index < -0.39 is 0 Å². The molecule has 4 rings (SSSR count). The van der Waals surface area contributed by atoms with E-state index in [-0.39, 0.29) is 17.2 Å². The minimum absolute atomic E-state index is 0.0857. The lowest BCUT2D eigenvalue weighted by Crippen LogP contribution is -2.17. The molecule has 28 heavy (non-hydrogen) atoms. The molecule has 0 fully saturated rings. The van der Waals surface area contributed by atoms with Crippen molar-refractivity contribution in [3.63, 3.8) is 0 Å². The molecule has 0 spiro atoms. The molecule has 2 heterocycles. The number of thiophene rings is 1. The molecule has 3 aromatic rings. The summed E-state index contributed by atoms with van der Waals surface area (Å²) < 4.78 is 0. The molecule has 1 amide bonds. The maximum Gasteiger partial charge on any atom is 0.260 e. The zero-order valence-corrected chi connectivity index (χ0v) is 17.6. The molecule has 0 aliphatic heterocycles. The lowest BCUT2D eigenvalue weighted by Gasteiger charge is -2.13. The Balaban J connectivity index is 1.49. The van der Waals surface area contributed by atoms with Crippen molar-refractivity contribution in [1.82, 2.24) is 9.97 Å². The van der Waals surface area contributed by atoms with Crippen LogP contribution in [0.2, 0.25) is 0 Å². The fraction of sp³-hybridized carbons (Fsp3) is 0.381. The number of nitrogens with zero attached hydrogens (tertiary/aromatic N) is 1. The molecular weight excluding hydrogens is 390 g/mol. The molecule has 1 aromatic carbocycles. The molecule has 0 saturated heterocycles. The van der Waals surface area contributed by atoms with Crippen molar-refractivity contribution in [2.24, 2.45) is 0 Å². The fourth-order valence-corrected chi connectivity index (χ4v) is 5.63. The van der Waals surface area contributed by atoms with Gasteiger partial charge in [0.1, 0.15) is 4.83 Å². The van der Waals surface area contributed by atoms with Gasteiger partial charge in [-0.15, -0.1) is 11.3 Å². The predicted molar refractivity (Wildman–Crippen MR) is 117 cm³/mol. The number of H-pyrrole nitrogens is 1. The summed E-state index contributed by atoms with van der Waals surface area (Å²) in [6.07, 6.45) is 4.31. The van der Waals surface area contributed by atoms with Gasteiger partial charge in [0.15, 0.2) is 5.16 Å². The minimum atomic E-state index is -0.105. The first-order chi connectivity index (χ1) is 13.5. The summed E-state index contributed by atoms with van der Waals surface area (Å²) in [5, 5.41) is 4.23. The number of aromatic nitrogens is 2. The van der Waals surface area contributed by atoms with Gasteiger partial charge in [0, 0.05) is 10.6 Å². The number of benzene rings is 1. The van der Waals surface area contributed by atoms with Crippen LogP contribution >= 0.6 is 23.1 Å². The number of fused-ring (bicyclic) bond motifs is 3. The van der Waals surface area contributed by atoms with Crippen molar-refractivity contribution in [3.8, 4) is 0 Å². The van der Waals surface area contributed by atoms with Crippen molar-refractivity contribution >= 4 is 44.9 Å². The lowest BCUT2D eigenvalue weighted by molar-refractivity contribution is -0.113. The van der Waals surface area contributed by atoms with Gasteiger partial charge in [0.25, 0.3) is 5.56 Å². The molecule has 0 radical (unpaired) electrons. The van der Waals surface area contributed by atoms with Crippen molar-refractivity contribution < 1.29 is 4.79 Å². The molecule has 0 atom stereocenters. The van der Waals surface area contributed by atoms with Crippen LogP contribution in [0.4, 0.5) is 5.69 Å². The van der Waals surface area contributed by atoms with Gasteiger partial charge in [-0.1, -0.05) is 43.8 Å². The molecule has 7 heteroatoms. The molecule has 0 bridgehead atoms. The number of aromatic amines is 1. The number of para-hydroxylation sites is 1. The Morgan fingerprint density at radius 1 is 1.29 bits per heavy atom. The Morgan fingerprint density at radius 3 is 2.89 bits per heavy atom. The molecule has 0 unspecified atom stereocenters. The van der Waals surface area contributed by atoms with Gasteiger partial charge in [0.05, 0.1) is 11.1 Å². The van der Waals surface area contributed by atoms with Gasteiger partial charge in [0.2, 0.25) is 5.91 Å². The largest absolute Gasteiger partial charge is 0.325 e. The van der Waals surface area contributed by atoms with Crippen molar-refractivity contribution in [1.29, 1.82) is 0 Å². The predicted octanol–water partition coefficient (Wildman–Crippen LogP) is 4.72. The van der Waals surface area contributed by atoms with Gasteiger partial charge >= 0.3 is 0 Å². The molecule has 146 valence electrons. The summed E-state index contributed by atoms with van der Waals surface area (Å²) in [6, 6.07) is 7.84. The van der Waals surface area contributed by atoms with E-state index in [2.05, 4.69) is 29.1 Å². The number of carbonyl (C=O) groups is 1. The monoisotopic (exact) mass is 413 g/mol. The molecule has 2 aromatic heterocycles. The van der Waals surface area contributed by atoms with E-state index in [1.807, 2.05) is 24.3 Å². The normalized spacial score (nSPS) is 13.7. The highest BCUT2D eigenvalue weighted by atomic mass is 32.2. The average Bonchev–Trinajstić information content (AvgIpc) is 3.05. The second kappa shape index (κ2) is 8.09. The van der Waals surface area contributed by atoms with Gasteiger partial charge in [-0.25, -0.2) is 4.98 Å².